The van der Waals surface area contributed by atoms with E-state index < -0.39 is 0 Å². The van der Waals surface area contributed by atoms with Crippen molar-refractivity contribution in [2.75, 3.05) is 29.6 Å². The van der Waals surface area contributed by atoms with E-state index in [4.69, 9.17) is 5.73 Å². The molecule has 0 aliphatic heterocycles. The molecule has 0 amide bonds. The van der Waals surface area contributed by atoms with Crippen molar-refractivity contribution in [1.82, 2.24) is 4.37 Å². The van der Waals surface area contributed by atoms with Gasteiger partial charge in [0.15, 0.2) is 0 Å². The molecule has 2 rings (SSSR count). The van der Waals surface area contributed by atoms with Crippen LogP contribution in [0.3, 0.4) is 0 Å². The number of thioether (sulfide) groups is 1. The van der Waals surface area contributed by atoms with E-state index >= 15 is 0 Å². The van der Waals surface area contributed by atoms with Crippen molar-refractivity contribution in [2.24, 2.45) is 0 Å². The summed E-state index contributed by atoms with van der Waals surface area (Å²) < 4.78 is 4.22. The molecule has 1 aromatic heterocycles. The molecule has 17 heavy (non-hydrogen) atoms. The Bertz CT molecular complexity index is 468. The fourth-order valence-corrected chi connectivity index (χ4v) is 2.64. The maximum Gasteiger partial charge on any atom is 0.147 e. The van der Waals surface area contributed by atoms with Crippen LogP contribution in [0.1, 0.15) is 0 Å². The number of hydrogen-bond donors (Lipinski definition) is 2. The lowest BCUT2D eigenvalue weighted by Gasteiger charge is -2.06. The van der Waals surface area contributed by atoms with Crippen molar-refractivity contribution in [1.29, 1.82) is 0 Å². The molecule has 0 unspecified atom stereocenters. The van der Waals surface area contributed by atoms with E-state index in [9.17, 15) is 0 Å². The van der Waals surface area contributed by atoms with Crippen molar-refractivity contribution in [2.45, 2.75) is 0 Å². The highest BCUT2D eigenvalue weighted by Crippen LogP contribution is 2.36. The minimum Gasteiger partial charge on any atom is -0.382 e. The lowest BCUT2D eigenvalue weighted by molar-refractivity contribution is 1.25. The standard InChI is InChI=1S/C12H15N3S2/c1-16-8-7-14-12-10(11(13)15-17-12)9-5-3-2-4-6-9/h2-6,14H,7-8H2,1H3,(H2,13,15). The highest BCUT2D eigenvalue weighted by Gasteiger charge is 2.12. The third-order valence-corrected chi connectivity index (χ3v) is 3.80. The third-order valence-electron chi connectivity index (χ3n) is 2.37. The molecule has 0 aliphatic carbocycles. The Balaban J connectivity index is 2.24. The lowest BCUT2D eigenvalue weighted by atomic mass is 10.1. The molecule has 0 aliphatic rings. The van der Waals surface area contributed by atoms with Gasteiger partial charge in [-0.25, -0.2) is 0 Å². The summed E-state index contributed by atoms with van der Waals surface area (Å²) in [5, 5.41) is 4.45. The Hall–Kier alpha value is -1.20. The van der Waals surface area contributed by atoms with Gasteiger partial charge >= 0.3 is 0 Å². The van der Waals surface area contributed by atoms with Crippen LogP contribution in [0.25, 0.3) is 11.1 Å². The smallest absolute Gasteiger partial charge is 0.147 e. The number of hydrogen-bond acceptors (Lipinski definition) is 5. The topological polar surface area (TPSA) is 50.9 Å². The van der Waals surface area contributed by atoms with Crippen LogP contribution in [0.2, 0.25) is 0 Å². The Morgan fingerprint density at radius 2 is 2.12 bits per heavy atom. The molecule has 1 aromatic carbocycles. The number of benzene rings is 1. The molecule has 90 valence electrons. The summed E-state index contributed by atoms with van der Waals surface area (Å²) in [5.74, 6) is 1.68. The van der Waals surface area contributed by atoms with Gasteiger partial charge in [-0.2, -0.15) is 16.1 Å². The van der Waals surface area contributed by atoms with Gasteiger partial charge in [0.05, 0.1) is 5.56 Å². The summed E-state index contributed by atoms with van der Waals surface area (Å²) in [6.07, 6.45) is 2.10. The molecule has 0 atom stereocenters. The van der Waals surface area contributed by atoms with Crippen LogP contribution in [0.15, 0.2) is 30.3 Å². The maximum absolute atomic E-state index is 5.93. The largest absolute Gasteiger partial charge is 0.382 e. The molecule has 0 saturated heterocycles. The Morgan fingerprint density at radius 1 is 1.35 bits per heavy atom. The molecule has 0 spiro atoms. The summed E-state index contributed by atoms with van der Waals surface area (Å²) in [6.45, 7) is 0.933. The average Bonchev–Trinajstić information content (AvgIpc) is 2.72. The van der Waals surface area contributed by atoms with Gasteiger partial charge in [0.25, 0.3) is 0 Å². The van der Waals surface area contributed by atoms with Crippen LogP contribution in [0.4, 0.5) is 10.8 Å². The van der Waals surface area contributed by atoms with E-state index in [1.165, 1.54) is 11.5 Å². The molecule has 1 heterocycles. The Morgan fingerprint density at radius 3 is 2.82 bits per heavy atom. The number of nitrogens with zero attached hydrogens (tertiary/aromatic N) is 1. The van der Waals surface area contributed by atoms with Crippen LogP contribution in [-0.4, -0.2) is 22.9 Å². The molecule has 5 heteroatoms. The fourth-order valence-electron chi connectivity index (χ4n) is 1.57. The number of aromatic nitrogens is 1. The maximum atomic E-state index is 5.93. The van der Waals surface area contributed by atoms with Crippen LogP contribution in [0, 0.1) is 0 Å². The average molecular weight is 265 g/mol. The first-order valence-corrected chi connectivity index (χ1v) is 7.53. The number of nitrogens with one attached hydrogen (secondary N) is 1. The van der Waals surface area contributed by atoms with Gasteiger partial charge in [0, 0.05) is 12.3 Å². The second-order valence-corrected chi connectivity index (χ2v) is 5.32. The first-order chi connectivity index (χ1) is 8.33. The summed E-state index contributed by atoms with van der Waals surface area (Å²) in [6, 6.07) is 10.1. The fraction of sp³-hybridized carbons (Fsp3) is 0.250. The number of rotatable bonds is 5. The molecule has 0 fully saturated rings. The number of anilines is 2. The van der Waals surface area contributed by atoms with E-state index in [2.05, 4.69) is 28.1 Å². The molecule has 0 radical (unpaired) electrons. The Kier molecular flexibility index (Phi) is 4.28. The van der Waals surface area contributed by atoms with Gasteiger partial charge < -0.3 is 11.1 Å². The van der Waals surface area contributed by atoms with Gasteiger partial charge in [-0.15, -0.1) is 0 Å². The lowest BCUT2D eigenvalue weighted by Crippen LogP contribution is -2.03. The Labute approximate surface area is 110 Å². The van der Waals surface area contributed by atoms with Crippen molar-refractivity contribution in [3.05, 3.63) is 30.3 Å². The molecule has 3 N–H and O–H groups in total. The van der Waals surface area contributed by atoms with Crippen molar-refractivity contribution >= 4 is 34.1 Å². The number of nitrogens with two attached hydrogens (primary N) is 1. The monoisotopic (exact) mass is 265 g/mol. The summed E-state index contributed by atoms with van der Waals surface area (Å²) in [7, 11) is 0. The highest BCUT2D eigenvalue weighted by molar-refractivity contribution is 7.98. The summed E-state index contributed by atoms with van der Waals surface area (Å²) in [5.41, 5.74) is 8.07. The van der Waals surface area contributed by atoms with Crippen molar-refractivity contribution in [3.63, 3.8) is 0 Å². The third kappa shape index (κ3) is 2.92. The first-order valence-electron chi connectivity index (χ1n) is 5.36. The predicted octanol–water partition coefficient (Wildman–Crippen LogP) is 3.17. The van der Waals surface area contributed by atoms with E-state index in [1.54, 1.807) is 0 Å². The van der Waals surface area contributed by atoms with Gasteiger partial charge in [-0.05, 0) is 23.4 Å². The second kappa shape index (κ2) is 5.93. The van der Waals surface area contributed by atoms with Crippen LogP contribution in [-0.2, 0) is 0 Å². The van der Waals surface area contributed by atoms with E-state index in [0.717, 1.165) is 28.4 Å². The zero-order valence-corrected chi connectivity index (χ0v) is 11.3. The second-order valence-electron chi connectivity index (χ2n) is 3.56. The van der Waals surface area contributed by atoms with Gasteiger partial charge in [-0.3, -0.25) is 0 Å². The number of nitrogen functional groups attached to an aromatic ring is 1. The zero-order chi connectivity index (χ0) is 12.1. The van der Waals surface area contributed by atoms with Gasteiger partial charge in [0.1, 0.15) is 10.8 Å². The predicted molar refractivity (Wildman–Crippen MR) is 78.8 cm³/mol. The van der Waals surface area contributed by atoms with Crippen LogP contribution < -0.4 is 11.1 Å². The van der Waals surface area contributed by atoms with Gasteiger partial charge in [-0.1, -0.05) is 30.3 Å². The summed E-state index contributed by atoms with van der Waals surface area (Å²) in [4.78, 5) is 0. The zero-order valence-electron chi connectivity index (χ0n) is 9.64. The molecule has 2 aromatic rings. The first kappa shape index (κ1) is 12.3. The molecular formula is C12H15N3S2. The highest BCUT2D eigenvalue weighted by atomic mass is 32.2. The molecular weight excluding hydrogens is 250 g/mol. The minimum absolute atomic E-state index is 0.604. The molecule has 0 bridgehead atoms. The quantitative estimate of drug-likeness (QED) is 0.815. The van der Waals surface area contributed by atoms with E-state index in [-0.39, 0.29) is 0 Å². The van der Waals surface area contributed by atoms with Crippen molar-refractivity contribution < 1.29 is 0 Å². The van der Waals surface area contributed by atoms with Crippen molar-refractivity contribution in [3.8, 4) is 11.1 Å². The molecule has 3 nitrogen and oxygen atoms in total. The van der Waals surface area contributed by atoms with E-state index in [1.807, 2.05) is 30.0 Å². The normalized spacial score (nSPS) is 10.4. The van der Waals surface area contributed by atoms with Gasteiger partial charge in [0.2, 0.25) is 0 Å². The van der Waals surface area contributed by atoms with Crippen LogP contribution >= 0.6 is 23.3 Å². The van der Waals surface area contributed by atoms with Crippen LogP contribution in [0.5, 0.6) is 0 Å². The SMILES string of the molecule is CSCCNc1snc(N)c1-c1ccccc1. The minimum atomic E-state index is 0.604. The molecule has 0 saturated carbocycles. The summed E-state index contributed by atoms with van der Waals surface area (Å²) >= 11 is 3.25. The van der Waals surface area contributed by atoms with E-state index in [0.29, 0.717) is 5.82 Å².